The molecule has 0 radical (unpaired) electrons. The van der Waals surface area contributed by atoms with Crippen molar-refractivity contribution < 1.29 is 22.7 Å². The number of likely N-dealkylation sites (tertiary alicyclic amines) is 1. The summed E-state index contributed by atoms with van der Waals surface area (Å²) in [5, 5.41) is 2.73. The van der Waals surface area contributed by atoms with E-state index in [1.165, 1.54) is 17.5 Å². The maximum atomic E-state index is 13.0. The average molecular weight is 410 g/mol. The molecule has 0 aliphatic carbocycles. The summed E-state index contributed by atoms with van der Waals surface area (Å²) < 4.78 is 32.8. The van der Waals surface area contributed by atoms with E-state index in [9.17, 15) is 18.0 Å². The van der Waals surface area contributed by atoms with Gasteiger partial charge in [0.05, 0.1) is 7.11 Å². The number of anilines is 1. The average Bonchev–Trinajstić information content (AvgIpc) is 3.12. The van der Waals surface area contributed by atoms with Gasteiger partial charge in [0.2, 0.25) is 21.8 Å². The van der Waals surface area contributed by atoms with Gasteiger partial charge < -0.3 is 15.0 Å². The zero-order valence-corrected chi connectivity index (χ0v) is 17.0. The Hall–Kier alpha value is -2.13. The number of carbonyl (C=O) groups excluding carboxylic acids is 2. The second-order valence-corrected chi connectivity index (χ2v) is 9.02. The second kappa shape index (κ2) is 8.91. The molecule has 1 aromatic carbocycles. The van der Waals surface area contributed by atoms with Crippen molar-refractivity contribution in [1.82, 2.24) is 9.21 Å². The van der Waals surface area contributed by atoms with E-state index in [1.807, 2.05) is 0 Å². The van der Waals surface area contributed by atoms with Crippen molar-refractivity contribution >= 4 is 27.5 Å². The number of carbonyl (C=O) groups is 2. The third-order valence-corrected chi connectivity index (χ3v) is 7.08. The van der Waals surface area contributed by atoms with E-state index in [0.29, 0.717) is 38.3 Å². The van der Waals surface area contributed by atoms with Gasteiger partial charge in [0.15, 0.2) is 0 Å². The van der Waals surface area contributed by atoms with Crippen molar-refractivity contribution in [3.8, 4) is 5.75 Å². The lowest BCUT2D eigenvalue weighted by atomic mass is 10.2. The molecule has 2 aliphatic heterocycles. The fourth-order valence-corrected chi connectivity index (χ4v) is 5.30. The fraction of sp³-hybridized carbons (Fsp3) is 0.579. The van der Waals surface area contributed by atoms with Gasteiger partial charge in [-0.1, -0.05) is 6.42 Å². The van der Waals surface area contributed by atoms with Crippen molar-refractivity contribution in [3.63, 3.8) is 0 Å². The Kier molecular flexibility index (Phi) is 6.56. The predicted molar refractivity (Wildman–Crippen MR) is 105 cm³/mol. The first-order valence-electron chi connectivity index (χ1n) is 9.67. The molecule has 28 heavy (non-hydrogen) atoms. The quantitative estimate of drug-likeness (QED) is 0.741. The van der Waals surface area contributed by atoms with Crippen molar-refractivity contribution in [1.29, 1.82) is 0 Å². The largest absolute Gasteiger partial charge is 0.495 e. The third kappa shape index (κ3) is 4.64. The minimum absolute atomic E-state index is 0.0596. The number of methoxy groups -OCH3 is 1. The van der Waals surface area contributed by atoms with E-state index >= 15 is 0 Å². The SMILES string of the molecule is COc1ccc(NC(=O)CCN2CCCC2=O)cc1S(=O)(=O)N1CCCCC1. The molecule has 3 rings (SSSR count). The van der Waals surface area contributed by atoms with Crippen LogP contribution in [0.4, 0.5) is 5.69 Å². The topological polar surface area (TPSA) is 96.0 Å². The Balaban J connectivity index is 1.71. The highest BCUT2D eigenvalue weighted by atomic mass is 32.2. The summed E-state index contributed by atoms with van der Waals surface area (Å²) in [6.45, 7) is 2.05. The molecule has 9 heteroatoms. The van der Waals surface area contributed by atoms with Crippen LogP contribution in [0.3, 0.4) is 0 Å². The molecule has 1 N–H and O–H groups in total. The Morgan fingerprint density at radius 2 is 1.89 bits per heavy atom. The smallest absolute Gasteiger partial charge is 0.246 e. The summed E-state index contributed by atoms with van der Waals surface area (Å²) >= 11 is 0. The molecule has 0 bridgehead atoms. The maximum Gasteiger partial charge on any atom is 0.246 e. The van der Waals surface area contributed by atoms with Gasteiger partial charge in [-0.15, -0.1) is 0 Å². The van der Waals surface area contributed by atoms with E-state index in [4.69, 9.17) is 4.74 Å². The molecule has 0 aromatic heterocycles. The number of ether oxygens (including phenoxy) is 1. The van der Waals surface area contributed by atoms with Crippen LogP contribution in [0.25, 0.3) is 0 Å². The summed E-state index contributed by atoms with van der Waals surface area (Å²) in [5.41, 5.74) is 0.397. The molecular weight excluding hydrogens is 382 g/mol. The molecule has 0 spiro atoms. The summed E-state index contributed by atoms with van der Waals surface area (Å²) in [4.78, 5) is 25.6. The highest BCUT2D eigenvalue weighted by molar-refractivity contribution is 7.89. The normalized spacial score (nSPS) is 18.3. The molecule has 1 aromatic rings. The lowest BCUT2D eigenvalue weighted by Crippen LogP contribution is -2.35. The maximum absolute atomic E-state index is 13.0. The van der Waals surface area contributed by atoms with Crippen LogP contribution in [0, 0.1) is 0 Å². The number of sulfonamides is 1. The standard InChI is InChI=1S/C19H27N3O5S/c1-27-16-8-7-15(20-18(23)9-13-21-10-5-6-19(21)24)14-17(16)28(25,26)22-11-3-2-4-12-22/h7-8,14H,2-6,9-13H2,1H3,(H,20,23). The van der Waals surface area contributed by atoms with E-state index in [1.54, 1.807) is 17.0 Å². The van der Waals surface area contributed by atoms with Crippen molar-refractivity contribution in [2.45, 2.75) is 43.4 Å². The number of hydrogen-bond donors (Lipinski definition) is 1. The molecule has 2 fully saturated rings. The Morgan fingerprint density at radius 3 is 2.54 bits per heavy atom. The third-order valence-electron chi connectivity index (χ3n) is 5.16. The molecule has 2 heterocycles. The zero-order chi connectivity index (χ0) is 20.1. The first-order chi connectivity index (χ1) is 13.4. The van der Waals surface area contributed by atoms with Gasteiger partial charge in [0.25, 0.3) is 0 Å². The van der Waals surface area contributed by atoms with Crippen LogP contribution < -0.4 is 10.1 Å². The van der Waals surface area contributed by atoms with Crippen LogP contribution >= 0.6 is 0 Å². The first kappa shape index (κ1) is 20.6. The monoisotopic (exact) mass is 409 g/mol. The number of piperidine rings is 1. The molecule has 2 aliphatic rings. The first-order valence-corrected chi connectivity index (χ1v) is 11.1. The lowest BCUT2D eigenvalue weighted by Gasteiger charge is -2.26. The van der Waals surface area contributed by atoms with Gasteiger partial charge in [-0.3, -0.25) is 9.59 Å². The molecule has 154 valence electrons. The van der Waals surface area contributed by atoms with Gasteiger partial charge in [-0.05, 0) is 37.5 Å². The molecule has 2 saturated heterocycles. The van der Waals surface area contributed by atoms with Crippen LogP contribution in [0.2, 0.25) is 0 Å². The zero-order valence-electron chi connectivity index (χ0n) is 16.1. The number of hydrogen-bond acceptors (Lipinski definition) is 5. The highest BCUT2D eigenvalue weighted by Gasteiger charge is 2.29. The molecule has 0 saturated carbocycles. The number of nitrogens with one attached hydrogen (secondary N) is 1. The van der Waals surface area contributed by atoms with Gasteiger partial charge in [0.1, 0.15) is 10.6 Å². The van der Waals surface area contributed by atoms with Gasteiger partial charge in [-0.2, -0.15) is 4.31 Å². The van der Waals surface area contributed by atoms with Crippen LogP contribution in [-0.2, 0) is 19.6 Å². The van der Waals surface area contributed by atoms with Crippen molar-refractivity contribution in [3.05, 3.63) is 18.2 Å². The van der Waals surface area contributed by atoms with E-state index < -0.39 is 10.0 Å². The van der Waals surface area contributed by atoms with Crippen LogP contribution in [0.1, 0.15) is 38.5 Å². The van der Waals surface area contributed by atoms with E-state index in [2.05, 4.69) is 5.32 Å². The minimum atomic E-state index is -3.69. The highest BCUT2D eigenvalue weighted by Crippen LogP contribution is 2.31. The molecule has 0 unspecified atom stereocenters. The molecule has 2 amide bonds. The summed E-state index contributed by atoms with van der Waals surface area (Å²) in [6.07, 6.45) is 4.25. The summed E-state index contributed by atoms with van der Waals surface area (Å²) in [5.74, 6) is 0.0737. The fourth-order valence-electron chi connectivity index (χ4n) is 3.60. The van der Waals surface area contributed by atoms with Crippen molar-refractivity contribution in [2.24, 2.45) is 0 Å². The number of benzene rings is 1. The van der Waals surface area contributed by atoms with Crippen LogP contribution in [0.5, 0.6) is 5.75 Å². The molecular formula is C19H27N3O5S. The van der Waals surface area contributed by atoms with Crippen molar-refractivity contribution in [2.75, 3.05) is 38.6 Å². The summed E-state index contributed by atoms with van der Waals surface area (Å²) in [7, 11) is -2.27. The Bertz CT molecular complexity index is 834. The molecule has 0 atom stereocenters. The van der Waals surface area contributed by atoms with E-state index in [-0.39, 0.29) is 28.9 Å². The Morgan fingerprint density at radius 1 is 1.14 bits per heavy atom. The lowest BCUT2D eigenvalue weighted by molar-refractivity contribution is -0.128. The predicted octanol–water partition coefficient (Wildman–Crippen LogP) is 1.82. The number of nitrogens with zero attached hydrogens (tertiary/aromatic N) is 2. The second-order valence-electron chi connectivity index (χ2n) is 7.11. The Labute approximate surface area is 165 Å². The van der Waals surface area contributed by atoms with Gasteiger partial charge >= 0.3 is 0 Å². The number of rotatable bonds is 7. The number of amides is 2. The van der Waals surface area contributed by atoms with E-state index in [0.717, 1.165) is 25.7 Å². The van der Waals surface area contributed by atoms with Crippen LogP contribution in [-0.4, -0.2) is 62.7 Å². The van der Waals surface area contributed by atoms with Crippen LogP contribution in [0.15, 0.2) is 23.1 Å². The minimum Gasteiger partial charge on any atom is -0.495 e. The van der Waals surface area contributed by atoms with Gasteiger partial charge in [0, 0.05) is 44.7 Å². The summed E-state index contributed by atoms with van der Waals surface area (Å²) in [6, 6.07) is 4.62. The molecule has 8 nitrogen and oxygen atoms in total. The van der Waals surface area contributed by atoms with Gasteiger partial charge in [-0.25, -0.2) is 8.42 Å².